The van der Waals surface area contributed by atoms with Crippen molar-refractivity contribution >= 4 is 21.9 Å². The minimum absolute atomic E-state index is 0.00799. The maximum absolute atomic E-state index is 12.1. The van der Waals surface area contributed by atoms with E-state index in [1.807, 2.05) is 4.83 Å². The van der Waals surface area contributed by atoms with Gasteiger partial charge in [0.25, 0.3) is 10.0 Å². The fourth-order valence-electron chi connectivity index (χ4n) is 2.25. The van der Waals surface area contributed by atoms with Gasteiger partial charge in [-0.1, -0.05) is 30.4 Å². The van der Waals surface area contributed by atoms with Gasteiger partial charge in [0.1, 0.15) is 0 Å². The van der Waals surface area contributed by atoms with Crippen molar-refractivity contribution in [1.29, 1.82) is 0 Å². The first-order chi connectivity index (χ1) is 10.4. The van der Waals surface area contributed by atoms with Gasteiger partial charge in [-0.05, 0) is 25.0 Å². The van der Waals surface area contributed by atoms with Crippen LogP contribution in [0.15, 0.2) is 47.4 Å². The standard InChI is InChI=1S/C14H16N2O5S/c17-13(11-8-4-5-9-12(11)14(18)19)15-16-22(20,21)10-6-2-1-3-7-10/h1-7,11-12,16H,8-9H2,(H,15,17)(H,18,19)/t11-,12+/m0/s1. The molecule has 1 aromatic carbocycles. The van der Waals surface area contributed by atoms with Crippen LogP contribution in [-0.2, 0) is 19.6 Å². The first kappa shape index (κ1) is 16.2. The van der Waals surface area contributed by atoms with E-state index in [-0.39, 0.29) is 17.7 Å². The van der Waals surface area contributed by atoms with Gasteiger partial charge in [-0.25, -0.2) is 8.42 Å². The number of aliphatic carboxylic acids is 1. The van der Waals surface area contributed by atoms with E-state index in [4.69, 9.17) is 5.11 Å². The Morgan fingerprint density at radius 3 is 2.23 bits per heavy atom. The number of carbonyl (C=O) groups excluding carboxylic acids is 1. The second-order valence-electron chi connectivity index (χ2n) is 4.90. The van der Waals surface area contributed by atoms with Crippen molar-refractivity contribution in [2.75, 3.05) is 0 Å². The molecule has 0 radical (unpaired) electrons. The molecule has 1 amide bonds. The van der Waals surface area contributed by atoms with Crippen molar-refractivity contribution in [2.45, 2.75) is 17.7 Å². The Hall–Kier alpha value is -2.19. The average molecular weight is 324 g/mol. The van der Waals surface area contributed by atoms with Crippen LogP contribution in [0.4, 0.5) is 0 Å². The summed E-state index contributed by atoms with van der Waals surface area (Å²) in [5.41, 5.74) is 2.10. The third-order valence-electron chi connectivity index (χ3n) is 3.45. The molecule has 0 fully saturated rings. The van der Waals surface area contributed by atoms with Crippen molar-refractivity contribution in [1.82, 2.24) is 10.3 Å². The van der Waals surface area contributed by atoms with E-state index in [0.717, 1.165) is 0 Å². The zero-order valence-corrected chi connectivity index (χ0v) is 12.4. The molecule has 22 heavy (non-hydrogen) atoms. The van der Waals surface area contributed by atoms with Gasteiger partial charge < -0.3 is 5.11 Å². The third kappa shape index (κ3) is 3.71. The first-order valence-corrected chi connectivity index (χ1v) is 8.14. The summed E-state index contributed by atoms with van der Waals surface area (Å²) in [5.74, 6) is -3.39. The molecule has 0 spiro atoms. The van der Waals surface area contributed by atoms with Crippen LogP contribution in [0.5, 0.6) is 0 Å². The Morgan fingerprint density at radius 1 is 1.05 bits per heavy atom. The predicted molar refractivity (Wildman–Crippen MR) is 77.9 cm³/mol. The second-order valence-corrected chi connectivity index (χ2v) is 6.58. The van der Waals surface area contributed by atoms with Gasteiger partial charge in [-0.3, -0.25) is 15.0 Å². The molecule has 0 aliphatic heterocycles. The molecule has 0 aromatic heterocycles. The van der Waals surface area contributed by atoms with Crippen molar-refractivity contribution in [3.8, 4) is 0 Å². The van der Waals surface area contributed by atoms with Crippen LogP contribution in [0.1, 0.15) is 12.8 Å². The minimum atomic E-state index is -3.88. The lowest BCUT2D eigenvalue weighted by Gasteiger charge is -2.24. The van der Waals surface area contributed by atoms with E-state index in [1.54, 1.807) is 30.4 Å². The number of hydrogen-bond donors (Lipinski definition) is 3. The minimum Gasteiger partial charge on any atom is -0.481 e. The summed E-state index contributed by atoms with van der Waals surface area (Å²) in [4.78, 5) is 25.2. The number of carboxylic acids is 1. The summed E-state index contributed by atoms with van der Waals surface area (Å²) >= 11 is 0. The smallest absolute Gasteiger partial charge is 0.307 e. The Bertz CT molecular complexity index is 684. The Balaban J connectivity index is 2.03. The topological polar surface area (TPSA) is 113 Å². The number of nitrogens with one attached hydrogen (secondary N) is 2. The normalized spacial score (nSPS) is 21.3. The maximum Gasteiger partial charge on any atom is 0.307 e. The monoisotopic (exact) mass is 324 g/mol. The number of amides is 1. The summed E-state index contributed by atoms with van der Waals surface area (Å²) < 4.78 is 24.0. The average Bonchev–Trinajstić information content (AvgIpc) is 2.53. The zero-order valence-electron chi connectivity index (χ0n) is 11.6. The molecule has 0 saturated carbocycles. The van der Waals surface area contributed by atoms with Gasteiger partial charge in [-0.15, -0.1) is 4.83 Å². The lowest BCUT2D eigenvalue weighted by atomic mass is 9.82. The van der Waals surface area contributed by atoms with Crippen LogP contribution in [0.3, 0.4) is 0 Å². The Morgan fingerprint density at radius 2 is 1.64 bits per heavy atom. The van der Waals surface area contributed by atoms with Crippen molar-refractivity contribution in [3.63, 3.8) is 0 Å². The molecule has 118 valence electrons. The van der Waals surface area contributed by atoms with Crippen LogP contribution in [0, 0.1) is 11.8 Å². The molecule has 1 aromatic rings. The highest BCUT2D eigenvalue weighted by Gasteiger charge is 2.34. The molecule has 0 unspecified atom stereocenters. The Labute approximate surface area is 128 Å². The van der Waals surface area contributed by atoms with Gasteiger partial charge >= 0.3 is 5.97 Å². The summed E-state index contributed by atoms with van der Waals surface area (Å²) in [7, 11) is -3.88. The highest BCUT2D eigenvalue weighted by atomic mass is 32.2. The molecule has 1 aliphatic rings. The summed E-state index contributed by atoms with van der Waals surface area (Å²) in [6.07, 6.45) is 3.93. The predicted octanol–water partition coefficient (Wildman–Crippen LogP) is 0.663. The Kier molecular flexibility index (Phi) is 4.94. The van der Waals surface area contributed by atoms with Crippen LogP contribution >= 0.6 is 0 Å². The highest BCUT2D eigenvalue weighted by molar-refractivity contribution is 7.89. The van der Waals surface area contributed by atoms with Crippen LogP contribution < -0.4 is 10.3 Å². The van der Waals surface area contributed by atoms with Crippen LogP contribution in [0.25, 0.3) is 0 Å². The number of carbonyl (C=O) groups is 2. The number of benzene rings is 1. The van der Waals surface area contributed by atoms with E-state index >= 15 is 0 Å². The van der Waals surface area contributed by atoms with Crippen LogP contribution in [-0.4, -0.2) is 25.4 Å². The van der Waals surface area contributed by atoms with Gasteiger partial charge in [-0.2, -0.15) is 0 Å². The second kappa shape index (κ2) is 6.71. The summed E-state index contributed by atoms with van der Waals surface area (Å²) in [6.45, 7) is 0. The molecule has 0 saturated heterocycles. The molecule has 3 N–H and O–H groups in total. The van der Waals surface area contributed by atoms with E-state index in [1.165, 1.54) is 12.1 Å². The van der Waals surface area contributed by atoms with E-state index in [0.29, 0.717) is 0 Å². The van der Waals surface area contributed by atoms with Crippen molar-refractivity contribution in [3.05, 3.63) is 42.5 Å². The number of allylic oxidation sites excluding steroid dienone is 2. The van der Waals surface area contributed by atoms with Gasteiger partial charge in [0.2, 0.25) is 5.91 Å². The van der Waals surface area contributed by atoms with Gasteiger partial charge in [0, 0.05) is 0 Å². The molecule has 2 rings (SSSR count). The number of carboxylic acid groups (broad SMARTS) is 1. The SMILES string of the molecule is O=C(NNS(=O)(=O)c1ccccc1)[C@H]1CC=CC[C@H]1C(=O)O. The number of hydrogen-bond acceptors (Lipinski definition) is 4. The molecule has 1 aliphatic carbocycles. The largest absolute Gasteiger partial charge is 0.481 e. The molecular formula is C14H16N2O5S. The van der Waals surface area contributed by atoms with E-state index < -0.39 is 33.7 Å². The summed E-state index contributed by atoms with van der Waals surface area (Å²) in [5, 5.41) is 9.11. The van der Waals surface area contributed by atoms with Crippen molar-refractivity contribution < 1.29 is 23.1 Å². The van der Waals surface area contributed by atoms with E-state index in [9.17, 15) is 18.0 Å². The fourth-order valence-corrected chi connectivity index (χ4v) is 3.11. The quantitative estimate of drug-likeness (QED) is 0.544. The lowest BCUT2D eigenvalue weighted by molar-refractivity contribution is -0.147. The van der Waals surface area contributed by atoms with Gasteiger partial charge in [0.15, 0.2) is 0 Å². The van der Waals surface area contributed by atoms with Gasteiger partial charge in [0.05, 0.1) is 16.7 Å². The van der Waals surface area contributed by atoms with Crippen molar-refractivity contribution in [2.24, 2.45) is 11.8 Å². The number of hydrazine groups is 1. The maximum atomic E-state index is 12.1. The fraction of sp³-hybridized carbons (Fsp3) is 0.286. The number of rotatable bonds is 5. The molecule has 8 heteroatoms. The lowest BCUT2D eigenvalue weighted by Crippen LogP contribution is -2.47. The number of sulfonamides is 1. The highest BCUT2D eigenvalue weighted by Crippen LogP contribution is 2.25. The zero-order chi connectivity index (χ0) is 16.2. The molecule has 7 nitrogen and oxygen atoms in total. The molecule has 0 bridgehead atoms. The molecular weight excluding hydrogens is 308 g/mol. The third-order valence-corrected chi connectivity index (χ3v) is 4.71. The molecule has 0 heterocycles. The van der Waals surface area contributed by atoms with E-state index in [2.05, 4.69) is 5.43 Å². The molecule has 2 atom stereocenters. The summed E-state index contributed by atoms with van der Waals surface area (Å²) in [6, 6.07) is 7.56. The first-order valence-electron chi connectivity index (χ1n) is 6.66. The van der Waals surface area contributed by atoms with Crippen LogP contribution in [0.2, 0.25) is 0 Å².